The highest BCUT2D eigenvalue weighted by molar-refractivity contribution is 5.81. The molecule has 0 saturated carbocycles. The summed E-state index contributed by atoms with van der Waals surface area (Å²) in [5.41, 5.74) is 0.923. The number of anilines is 1. The zero-order valence-corrected chi connectivity index (χ0v) is 15.7. The van der Waals surface area contributed by atoms with E-state index in [2.05, 4.69) is 32.4 Å². The molecule has 0 spiro atoms. The van der Waals surface area contributed by atoms with E-state index in [1.165, 1.54) is 0 Å². The second-order valence-electron chi connectivity index (χ2n) is 8.01. The molecule has 0 aliphatic carbocycles. The number of amides is 1. The van der Waals surface area contributed by atoms with Crippen molar-refractivity contribution in [2.75, 3.05) is 38.1 Å². The highest BCUT2D eigenvalue weighted by Crippen LogP contribution is 2.34. The number of ether oxygens (including phenoxy) is 1. The molecule has 4 rings (SSSR count). The van der Waals surface area contributed by atoms with Gasteiger partial charge in [0.05, 0.1) is 11.8 Å². The van der Waals surface area contributed by atoms with Gasteiger partial charge >= 0.3 is 0 Å². The van der Waals surface area contributed by atoms with Gasteiger partial charge in [0.15, 0.2) is 5.82 Å². The number of nitrogens with one attached hydrogen (secondary N) is 1. The topological polar surface area (TPSA) is 70.6 Å². The number of piperidine rings is 2. The molecule has 0 unspecified atom stereocenters. The molecular formula is C19H29N5O2. The molecule has 3 aliphatic rings. The molecule has 142 valence electrons. The number of aromatic nitrogens is 2. The van der Waals surface area contributed by atoms with E-state index in [1.807, 2.05) is 19.1 Å². The summed E-state index contributed by atoms with van der Waals surface area (Å²) in [5.74, 6) is 1.45. The molecule has 4 heterocycles. The van der Waals surface area contributed by atoms with E-state index in [4.69, 9.17) is 4.74 Å². The van der Waals surface area contributed by atoms with Crippen molar-refractivity contribution in [3.63, 3.8) is 0 Å². The highest BCUT2D eigenvalue weighted by Gasteiger charge is 2.42. The summed E-state index contributed by atoms with van der Waals surface area (Å²) in [4.78, 5) is 17.2. The van der Waals surface area contributed by atoms with Crippen molar-refractivity contribution in [3.05, 3.63) is 17.8 Å². The molecule has 3 fully saturated rings. The molecule has 3 saturated heterocycles. The normalized spacial score (nSPS) is 30.2. The average molecular weight is 359 g/mol. The number of hydrogen-bond acceptors (Lipinski definition) is 6. The molecule has 7 nitrogen and oxygen atoms in total. The SMILES string of the molecule is Cc1ccc(N2CC[C@H]3C[C@@H](C(=O)NC4CCN(C)CC4)O[C@@H]3C2)nn1. The maximum atomic E-state index is 12.6. The van der Waals surface area contributed by atoms with Crippen LogP contribution in [-0.2, 0) is 9.53 Å². The Labute approximate surface area is 155 Å². The number of carbonyl (C=O) groups is 1. The zero-order chi connectivity index (χ0) is 18.1. The number of nitrogens with zero attached hydrogens (tertiary/aromatic N) is 4. The molecule has 0 aromatic carbocycles. The van der Waals surface area contributed by atoms with E-state index in [-0.39, 0.29) is 18.1 Å². The second kappa shape index (κ2) is 7.48. The van der Waals surface area contributed by atoms with Gasteiger partial charge in [-0.05, 0) is 70.8 Å². The number of aryl methyl sites for hydroxylation is 1. The molecule has 3 atom stereocenters. The Kier molecular flexibility index (Phi) is 5.09. The maximum absolute atomic E-state index is 12.6. The van der Waals surface area contributed by atoms with Crippen molar-refractivity contribution in [3.8, 4) is 0 Å². The van der Waals surface area contributed by atoms with Crippen LogP contribution in [0.2, 0.25) is 0 Å². The molecule has 1 aromatic rings. The molecule has 7 heteroatoms. The van der Waals surface area contributed by atoms with Crippen molar-refractivity contribution in [2.24, 2.45) is 5.92 Å². The van der Waals surface area contributed by atoms with Gasteiger partial charge in [0.1, 0.15) is 6.10 Å². The first-order valence-electron chi connectivity index (χ1n) is 9.78. The fourth-order valence-corrected chi connectivity index (χ4v) is 4.31. The quantitative estimate of drug-likeness (QED) is 0.868. The summed E-state index contributed by atoms with van der Waals surface area (Å²) in [6.07, 6.45) is 3.76. The van der Waals surface area contributed by atoms with Gasteiger partial charge < -0.3 is 19.9 Å². The van der Waals surface area contributed by atoms with Gasteiger partial charge in [-0.15, -0.1) is 5.10 Å². The Bertz CT molecular complexity index is 629. The monoisotopic (exact) mass is 359 g/mol. The van der Waals surface area contributed by atoms with Gasteiger partial charge in [-0.2, -0.15) is 5.10 Å². The summed E-state index contributed by atoms with van der Waals surface area (Å²) >= 11 is 0. The Morgan fingerprint density at radius 2 is 2.00 bits per heavy atom. The molecule has 0 bridgehead atoms. The lowest BCUT2D eigenvalue weighted by molar-refractivity contribution is -0.133. The first kappa shape index (κ1) is 17.7. The summed E-state index contributed by atoms with van der Waals surface area (Å²) < 4.78 is 6.15. The van der Waals surface area contributed by atoms with Crippen LogP contribution in [0.1, 0.15) is 31.4 Å². The average Bonchev–Trinajstić information content (AvgIpc) is 3.08. The minimum absolute atomic E-state index is 0.0793. The van der Waals surface area contributed by atoms with Crippen molar-refractivity contribution >= 4 is 11.7 Å². The molecule has 1 aromatic heterocycles. The van der Waals surface area contributed by atoms with Crippen LogP contribution >= 0.6 is 0 Å². The van der Waals surface area contributed by atoms with E-state index < -0.39 is 0 Å². The summed E-state index contributed by atoms with van der Waals surface area (Å²) in [5, 5.41) is 11.7. The molecule has 1 amide bonds. The molecule has 1 N–H and O–H groups in total. The van der Waals surface area contributed by atoms with E-state index in [9.17, 15) is 4.79 Å². The van der Waals surface area contributed by atoms with Gasteiger partial charge in [-0.3, -0.25) is 4.79 Å². The van der Waals surface area contributed by atoms with E-state index in [0.717, 1.165) is 63.4 Å². The van der Waals surface area contributed by atoms with Crippen LogP contribution in [0.15, 0.2) is 12.1 Å². The van der Waals surface area contributed by atoms with Crippen LogP contribution in [0.4, 0.5) is 5.82 Å². The summed E-state index contributed by atoms with van der Waals surface area (Å²) in [6, 6.07) is 4.30. The smallest absolute Gasteiger partial charge is 0.249 e. The minimum atomic E-state index is -0.297. The van der Waals surface area contributed by atoms with Crippen molar-refractivity contribution in [2.45, 2.75) is 50.9 Å². The van der Waals surface area contributed by atoms with Crippen LogP contribution in [0.5, 0.6) is 0 Å². The third-order valence-corrected chi connectivity index (χ3v) is 6.02. The Morgan fingerprint density at radius 3 is 2.73 bits per heavy atom. The van der Waals surface area contributed by atoms with Crippen LogP contribution in [0.25, 0.3) is 0 Å². The minimum Gasteiger partial charge on any atom is -0.363 e. The van der Waals surface area contributed by atoms with Gasteiger partial charge in [0.25, 0.3) is 0 Å². The Balaban J connectivity index is 1.31. The molecule has 0 radical (unpaired) electrons. The number of rotatable bonds is 3. The number of hydrogen-bond donors (Lipinski definition) is 1. The van der Waals surface area contributed by atoms with Gasteiger partial charge in [0.2, 0.25) is 5.91 Å². The number of likely N-dealkylation sites (tertiary alicyclic amines) is 1. The van der Waals surface area contributed by atoms with Crippen molar-refractivity contribution < 1.29 is 9.53 Å². The summed E-state index contributed by atoms with van der Waals surface area (Å²) in [7, 11) is 2.13. The predicted molar refractivity (Wildman–Crippen MR) is 99.0 cm³/mol. The standard InChI is InChI=1S/C19H29N5O2/c1-13-3-4-18(22-21-13)24-10-5-14-11-16(26-17(14)12-24)19(25)20-15-6-8-23(2)9-7-15/h3-4,14-17H,5-12H2,1-2H3,(H,20,25)/t14-,16-,17+/m0/s1. The van der Waals surface area contributed by atoms with Crippen molar-refractivity contribution in [1.82, 2.24) is 20.4 Å². The lowest BCUT2D eigenvalue weighted by Gasteiger charge is -2.34. The van der Waals surface area contributed by atoms with E-state index in [0.29, 0.717) is 12.0 Å². The van der Waals surface area contributed by atoms with Gasteiger partial charge in [-0.25, -0.2) is 0 Å². The maximum Gasteiger partial charge on any atom is 0.249 e. The Morgan fingerprint density at radius 1 is 1.19 bits per heavy atom. The predicted octanol–water partition coefficient (Wildman–Crippen LogP) is 0.979. The first-order chi connectivity index (χ1) is 12.6. The highest BCUT2D eigenvalue weighted by atomic mass is 16.5. The van der Waals surface area contributed by atoms with E-state index in [1.54, 1.807) is 0 Å². The number of carbonyl (C=O) groups excluding carboxylic acids is 1. The van der Waals surface area contributed by atoms with Crippen LogP contribution in [0.3, 0.4) is 0 Å². The van der Waals surface area contributed by atoms with Crippen LogP contribution in [0, 0.1) is 12.8 Å². The fraction of sp³-hybridized carbons (Fsp3) is 0.737. The van der Waals surface area contributed by atoms with Crippen LogP contribution < -0.4 is 10.2 Å². The molecular weight excluding hydrogens is 330 g/mol. The third kappa shape index (κ3) is 3.83. The largest absolute Gasteiger partial charge is 0.363 e. The van der Waals surface area contributed by atoms with E-state index >= 15 is 0 Å². The van der Waals surface area contributed by atoms with Gasteiger partial charge in [0, 0.05) is 19.1 Å². The summed E-state index contributed by atoms with van der Waals surface area (Å²) in [6.45, 7) is 5.78. The third-order valence-electron chi connectivity index (χ3n) is 6.02. The number of fused-ring (bicyclic) bond motifs is 1. The van der Waals surface area contributed by atoms with Crippen molar-refractivity contribution in [1.29, 1.82) is 0 Å². The lowest BCUT2D eigenvalue weighted by Crippen LogP contribution is -2.47. The molecule has 26 heavy (non-hydrogen) atoms. The lowest BCUT2D eigenvalue weighted by atomic mass is 9.91. The first-order valence-corrected chi connectivity index (χ1v) is 9.78. The van der Waals surface area contributed by atoms with Crippen LogP contribution in [-0.4, -0.2) is 72.5 Å². The second-order valence-corrected chi connectivity index (χ2v) is 8.01. The zero-order valence-electron chi connectivity index (χ0n) is 15.7. The fourth-order valence-electron chi connectivity index (χ4n) is 4.31. The molecule has 3 aliphatic heterocycles. The Hall–Kier alpha value is -1.73. The van der Waals surface area contributed by atoms with Gasteiger partial charge in [-0.1, -0.05) is 0 Å².